The summed E-state index contributed by atoms with van der Waals surface area (Å²) in [7, 11) is 0. The Labute approximate surface area is 91.0 Å². The molecular weight excluding hydrogens is 248 g/mol. The van der Waals surface area contributed by atoms with Crippen molar-refractivity contribution in [2.75, 3.05) is 13.2 Å². The molecule has 0 saturated heterocycles. The highest BCUT2D eigenvalue weighted by Crippen LogP contribution is 2.38. The van der Waals surface area contributed by atoms with Gasteiger partial charge in [-0.25, -0.2) is 0 Å². The lowest BCUT2D eigenvalue weighted by Crippen LogP contribution is -2.13. The molecule has 0 amide bonds. The minimum Gasteiger partial charge on any atom is -0.493 e. The van der Waals surface area contributed by atoms with E-state index in [1.807, 2.05) is 19.1 Å². The van der Waals surface area contributed by atoms with Crippen LogP contribution in [0.4, 0.5) is 0 Å². The van der Waals surface area contributed by atoms with Gasteiger partial charge in [-0.2, -0.15) is 4.89 Å². The molecule has 1 aliphatic rings. The predicted octanol–water partition coefficient (Wildman–Crippen LogP) is 2.71. The second-order valence-electron chi connectivity index (χ2n) is 2.94. The normalized spacial score (nSPS) is 14.4. The van der Waals surface area contributed by atoms with Gasteiger partial charge in [0, 0.05) is 12.0 Å². The van der Waals surface area contributed by atoms with Crippen molar-refractivity contribution in [3.8, 4) is 11.5 Å². The van der Waals surface area contributed by atoms with Crippen LogP contribution < -0.4 is 9.62 Å². The summed E-state index contributed by atoms with van der Waals surface area (Å²) in [6.07, 6.45) is 0.824. The molecule has 0 atom stereocenters. The molecule has 14 heavy (non-hydrogen) atoms. The molecule has 2 rings (SSSR count). The fourth-order valence-corrected chi connectivity index (χ4v) is 1.88. The van der Waals surface area contributed by atoms with E-state index >= 15 is 0 Å². The highest BCUT2D eigenvalue weighted by Gasteiger charge is 2.19. The highest BCUT2D eigenvalue weighted by molar-refractivity contribution is 9.10. The summed E-state index contributed by atoms with van der Waals surface area (Å²) >= 11 is 3.41. The average molecular weight is 259 g/mol. The van der Waals surface area contributed by atoms with E-state index in [1.54, 1.807) is 0 Å². The Balaban J connectivity index is 2.42. The molecule has 0 aromatic heterocycles. The fourth-order valence-electron chi connectivity index (χ4n) is 1.44. The van der Waals surface area contributed by atoms with Crippen LogP contribution in [-0.4, -0.2) is 13.2 Å². The number of ether oxygens (including phenoxy) is 1. The van der Waals surface area contributed by atoms with Gasteiger partial charge in [0.15, 0.2) is 5.75 Å². The lowest BCUT2D eigenvalue weighted by atomic mass is 10.1. The van der Waals surface area contributed by atoms with Crippen molar-refractivity contribution in [2.45, 2.75) is 13.3 Å². The Kier molecular flexibility index (Phi) is 2.93. The van der Waals surface area contributed by atoms with Crippen molar-refractivity contribution in [3.05, 3.63) is 22.2 Å². The van der Waals surface area contributed by atoms with Gasteiger partial charge in [-0.15, -0.1) is 0 Å². The molecule has 4 heteroatoms. The first kappa shape index (κ1) is 9.80. The molecule has 76 valence electrons. The van der Waals surface area contributed by atoms with Crippen LogP contribution in [0.5, 0.6) is 11.5 Å². The summed E-state index contributed by atoms with van der Waals surface area (Å²) in [4.78, 5) is 10.0. The Morgan fingerprint density at radius 1 is 1.50 bits per heavy atom. The zero-order chi connectivity index (χ0) is 9.97. The average Bonchev–Trinajstić information content (AvgIpc) is 2.23. The van der Waals surface area contributed by atoms with Crippen LogP contribution in [0, 0.1) is 0 Å². The third-order valence-electron chi connectivity index (χ3n) is 2.05. The molecule has 0 fully saturated rings. The maximum absolute atomic E-state index is 5.50. The molecule has 3 nitrogen and oxygen atoms in total. The van der Waals surface area contributed by atoms with Crippen LogP contribution in [0.25, 0.3) is 0 Å². The van der Waals surface area contributed by atoms with Gasteiger partial charge in [0.2, 0.25) is 0 Å². The number of hydrogen-bond acceptors (Lipinski definition) is 3. The third kappa shape index (κ3) is 1.72. The third-order valence-corrected chi connectivity index (χ3v) is 2.67. The largest absolute Gasteiger partial charge is 0.493 e. The second kappa shape index (κ2) is 4.19. The van der Waals surface area contributed by atoms with Crippen molar-refractivity contribution in [1.82, 2.24) is 0 Å². The van der Waals surface area contributed by atoms with Crippen molar-refractivity contribution in [3.63, 3.8) is 0 Å². The molecule has 1 aliphatic heterocycles. The first-order valence-electron chi connectivity index (χ1n) is 4.56. The van der Waals surface area contributed by atoms with E-state index < -0.39 is 0 Å². The Hall–Kier alpha value is -0.740. The monoisotopic (exact) mass is 258 g/mol. The van der Waals surface area contributed by atoms with Gasteiger partial charge in [-0.3, -0.25) is 0 Å². The van der Waals surface area contributed by atoms with Gasteiger partial charge in [-0.05, 0) is 35.0 Å². The van der Waals surface area contributed by atoms with Gasteiger partial charge in [-0.1, -0.05) is 0 Å². The van der Waals surface area contributed by atoms with Crippen molar-refractivity contribution in [1.29, 1.82) is 0 Å². The first-order chi connectivity index (χ1) is 6.83. The number of fused-ring (bicyclic) bond motifs is 1. The van der Waals surface area contributed by atoms with Gasteiger partial charge >= 0.3 is 0 Å². The summed E-state index contributed by atoms with van der Waals surface area (Å²) in [5, 5.41) is 0. The molecule has 1 aromatic rings. The smallest absolute Gasteiger partial charge is 0.186 e. The molecule has 0 bridgehead atoms. The molecular formula is C10H11BrO3. The summed E-state index contributed by atoms with van der Waals surface area (Å²) in [6.45, 7) is 3.20. The van der Waals surface area contributed by atoms with E-state index in [9.17, 15) is 0 Å². The summed E-state index contributed by atoms with van der Waals surface area (Å²) in [5.74, 6) is 1.62. The number of rotatable bonds is 2. The van der Waals surface area contributed by atoms with Gasteiger partial charge in [0.25, 0.3) is 0 Å². The number of halogens is 1. The van der Waals surface area contributed by atoms with Crippen molar-refractivity contribution >= 4 is 15.9 Å². The van der Waals surface area contributed by atoms with Crippen LogP contribution in [0.1, 0.15) is 12.5 Å². The quantitative estimate of drug-likeness (QED) is 0.764. The first-order valence-corrected chi connectivity index (χ1v) is 5.36. The predicted molar refractivity (Wildman–Crippen MR) is 55.6 cm³/mol. The van der Waals surface area contributed by atoms with Crippen molar-refractivity contribution < 1.29 is 14.5 Å². The maximum atomic E-state index is 5.50. The second-order valence-corrected chi connectivity index (χ2v) is 3.80. The number of hydrogen-bond donors (Lipinski definition) is 0. The Bertz CT molecular complexity index is 338. The van der Waals surface area contributed by atoms with Crippen LogP contribution in [0.3, 0.4) is 0 Å². The standard InChI is InChI=1S/C10H11BrO3/c1-2-12-9-4-3-8(11)10-7(9)5-6-13-14-10/h3-4H,2,5-6H2,1H3. The molecule has 0 radical (unpaired) electrons. The minimum atomic E-state index is 0.573. The summed E-state index contributed by atoms with van der Waals surface area (Å²) in [5.41, 5.74) is 1.08. The van der Waals surface area contributed by atoms with Crippen LogP contribution in [0.2, 0.25) is 0 Å². The van der Waals surface area contributed by atoms with E-state index in [2.05, 4.69) is 15.9 Å². The van der Waals surface area contributed by atoms with E-state index in [-0.39, 0.29) is 0 Å². The summed E-state index contributed by atoms with van der Waals surface area (Å²) < 4.78 is 6.40. The lowest BCUT2D eigenvalue weighted by Gasteiger charge is -2.19. The molecule has 0 spiro atoms. The van der Waals surface area contributed by atoms with E-state index in [1.165, 1.54) is 0 Å². The van der Waals surface area contributed by atoms with E-state index in [0.717, 1.165) is 28.0 Å². The number of benzene rings is 1. The zero-order valence-electron chi connectivity index (χ0n) is 7.88. The molecule has 1 aromatic carbocycles. The zero-order valence-corrected chi connectivity index (χ0v) is 9.46. The Morgan fingerprint density at radius 2 is 2.36 bits per heavy atom. The maximum Gasteiger partial charge on any atom is 0.186 e. The minimum absolute atomic E-state index is 0.573. The van der Waals surface area contributed by atoms with E-state index in [4.69, 9.17) is 14.5 Å². The highest BCUT2D eigenvalue weighted by atomic mass is 79.9. The molecule has 0 saturated carbocycles. The van der Waals surface area contributed by atoms with Crippen molar-refractivity contribution in [2.24, 2.45) is 0 Å². The van der Waals surface area contributed by atoms with Gasteiger partial charge in [0.1, 0.15) is 5.75 Å². The van der Waals surface area contributed by atoms with Gasteiger partial charge in [0.05, 0.1) is 17.7 Å². The summed E-state index contributed by atoms with van der Waals surface area (Å²) in [6, 6.07) is 3.85. The van der Waals surface area contributed by atoms with Crippen LogP contribution in [-0.2, 0) is 11.3 Å². The van der Waals surface area contributed by atoms with Gasteiger partial charge < -0.3 is 9.62 Å². The molecule has 0 N–H and O–H groups in total. The fraction of sp³-hybridized carbons (Fsp3) is 0.400. The lowest BCUT2D eigenvalue weighted by molar-refractivity contribution is -0.215. The molecule has 0 aliphatic carbocycles. The van der Waals surface area contributed by atoms with E-state index in [0.29, 0.717) is 13.2 Å². The Morgan fingerprint density at radius 3 is 3.14 bits per heavy atom. The van der Waals surface area contributed by atoms with Crippen LogP contribution >= 0.6 is 15.9 Å². The molecule has 0 unspecified atom stereocenters. The molecule has 1 heterocycles. The SMILES string of the molecule is CCOc1ccc(Br)c2c1CCOO2. The van der Waals surface area contributed by atoms with Crippen LogP contribution in [0.15, 0.2) is 16.6 Å². The topological polar surface area (TPSA) is 27.7 Å².